The van der Waals surface area contributed by atoms with Gasteiger partial charge >= 0.3 is 0 Å². The quantitative estimate of drug-likeness (QED) is 0.729. The number of rotatable bonds is 6. The first-order valence-corrected chi connectivity index (χ1v) is 7.15. The van der Waals surface area contributed by atoms with E-state index >= 15 is 0 Å². The van der Waals surface area contributed by atoms with Gasteiger partial charge in [0.15, 0.2) is 5.17 Å². The van der Waals surface area contributed by atoms with Crippen LogP contribution in [0.4, 0.5) is 0 Å². The summed E-state index contributed by atoms with van der Waals surface area (Å²) >= 11 is 1.86. The average Bonchev–Trinajstić information content (AvgIpc) is 2.22. The van der Waals surface area contributed by atoms with Crippen LogP contribution in [0.1, 0.15) is 40.0 Å². The van der Waals surface area contributed by atoms with E-state index in [1.165, 1.54) is 6.42 Å². The molecule has 0 amide bonds. The van der Waals surface area contributed by atoms with Crippen molar-refractivity contribution >= 4 is 16.9 Å². The lowest BCUT2D eigenvalue weighted by molar-refractivity contribution is 0.134. The van der Waals surface area contributed by atoms with E-state index in [4.69, 9.17) is 4.74 Å². The molecule has 0 bridgehead atoms. The van der Waals surface area contributed by atoms with Crippen molar-refractivity contribution in [2.24, 2.45) is 4.99 Å². The van der Waals surface area contributed by atoms with Gasteiger partial charge in [0.25, 0.3) is 0 Å². The average molecular weight is 244 g/mol. The Hall–Kier alpha value is -0.220. The zero-order valence-electron chi connectivity index (χ0n) is 10.7. The van der Waals surface area contributed by atoms with Gasteiger partial charge in [-0.05, 0) is 26.2 Å². The third-order valence-electron chi connectivity index (χ3n) is 2.42. The normalized spacial score (nSPS) is 28.1. The molecule has 1 saturated heterocycles. The van der Waals surface area contributed by atoms with Crippen LogP contribution in [0.25, 0.3) is 0 Å². The van der Waals surface area contributed by atoms with Crippen molar-refractivity contribution in [2.75, 3.05) is 19.8 Å². The van der Waals surface area contributed by atoms with Crippen LogP contribution in [0.2, 0.25) is 0 Å². The number of hydrogen-bond donors (Lipinski definition) is 1. The number of hydrogen-bond acceptors (Lipinski definition) is 3. The van der Waals surface area contributed by atoms with Gasteiger partial charge in [-0.3, -0.25) is 4.99 Å². The Kier molecular flexibility index (Phi) is 6.88. The summed E-state index contributed by atoms with van der Waals surface area (Å²) in [5, 5.41) is 5.22. The second-order valence-corrected chi connectivity index (χ2v) is 5.79. The molecule has 0 aliphatic carbocycles. The van der Waals surface area contributed by atoms with Gasteiger partial charge in [-0.15, -0.1) is 0 Å². The molecule has 16 heavy (non-hydrogen) atoms. The van der Waals surface area contributed by atoms with Crippen LogP contribution in [0, 0.1) is 0 Å². The summed E-state index contributed by atoms with van der Waals surface area (Å²) in [6, 6.07) is 0.561. The molecule has 0 spiro atoms. The van der Waals surface area contributed by atoms with Gasteiger partial charge < -0.3 is 10.1 Å². The summed E-state index contributed by atoms with van der Waals surface area (Å²) in [5.41, 5.74) is 0. The second-order valence-electron chi connectivity index (χ2n) is 4.36. The van der Waals surface area contributed by atoms with E-state index in [-0.39, 0.29) is 0 Å². The van der Waals surface area contributed by atoms with E-state index in [1.54, 1.807) is 0 Å². The van der Waals surface area contributed by atoms with E-state index in [0.717, 1.165) is 37.8 Å². The van der Waals surface area contributed by atoms with Gasteiger partial charge in [-0.1, -0.05) is 25.6 Å². The fourth-order valence-electron chi connectivity index (χ4n) is 1.72. The highest BCUT2D eigenvalue weighted by Gasteiger charge is 2.19. The summed E-state index contributed by atoms with van der Waals surface area (Å²) in [6.07, 6.45) is 3.35. The van der Waals surface area contributed by atoms with E-state index in [9.17, 15) is 0 Å². The predicted molar refractivity (Wildman–Crippen MR) is 72.3 cm³/mol. The maximum Gasteiger partial charge on any atom is 0.157 e. The fraction of sp³-hybridized carbons (Fsp3) is 0.917. The van der Waals surface area contributed by atoms with Crippen molar-refractivity contribution < 1.29 is 4.74 Å². The van der Waals surface area contributed by atoms with Crippen molar-refractivity contribution in [1.29, 1.82) is 0 Å². The smallest absolute Gasteiger partial charge is 0.157 e. The number of nitrogens with zero attached hydrogens (tertiary/aromatic N) is 1. The zero-order chi connectivity index (χ0) is 11.8. The molecular formula is C12H24N2OS. The summed E-state index contributed by atoms with van der Waals surface area (Å²) in [6.45, 7) is 9.19. The topological polar surface area (TPSA) is 33.6 Å². The van der Waals surface area contributed by atoms with Gasteiger partial charge in [0.1, 0.15) is 0 Å². The molecule has 0 aromatic carbocycles. The number of thioether (sulfide) groups is 1. The third kappa shape index (κ3) is 5.75. The molecule has 0 aromatic heterocycles. The Bertz CT molecular complexity index is 209. The van der Waals surface area contributed by atoms with E-state index in [1.807, 2.05) is 11.8 Å². The van der Waals surface area contributed by atoms with E-state index < -0.39 is 0 Å². The van der Waals surface area contributed by atoms with Crippen molar-refractivity contribution in [3.63, 3.8) is 0 Å². The van der Waals surface area contributed by atoms with Crippen LogP contribution in [-0.4, -0.2) is 36.2 Å². The minimum Gasteiger partial charge on any atom is -0.381 e. The minimum atomic E-state index is 0.561. The van der Waals surface area contributed by atoms with Crippen LogP contribution in [0.5, 0.6) is 0 Å². The van der Waals surface area contributed by atoms with E-state index in [0.29, 0.717) is 11.3 Å². The van der Waals surface area contributed by atoms with E-state index in [2.05, 4.69) is 31.1 Å². The summed E-state index contributed by atoms with van der Waals surface area (Å²) in [7, 11) is 0. The first kappa shape index (κ1) is 13.8. The molecule has 1 fully saturated rings. The molecule has 3 nitrogen and oxygen atoms in total. The molecule has 0 aromatic rings. The van der Waals surface area contributed by atoms with Crippen LogP contribution in [0.15, 0.2) is 4.99 Å². The molecule has 1 aliphatic rings. The van der Waals surface area contributed by atoms with Crippen molar-refractivity contribution in [2.45, 2.75) is 51.3 Å². The molecule has 1 rings (SSSR count). The van der Waals surface area contributed by atoms with Crippen molar-refractivity contribution in [1.82, 2.24) is 5.32 Å². The largest absolute Gasteiger partial charge is 0.381 e. The van der Waals surface area contributed by atoms with Crippen molar-refractivity contribution in [3.8, 4) is 0 Å². The molecule has 2 atom stereocenters. The highest BCUT2D eigenvalue weighted by Crippen LogP contribution is 2.22. The van der Waals surface area contributed by atoms with Gasteiger partial charge in [-0.25, -0.2) is 0 Å². The minimum absolute atomic E-state index is 0.561. The lowest BCUT2D eigenvalue weighted by Crippen LogP contribution is -2.38. The number of ether oxygens (including phenoxy) is 1. The maximum absolute atomic E-state index is 5.42. The van der Waals surface area contributed by atoms with Crippen LogP contribution in [0.3, 0.4) is 0 Å². The third-order valence-corrected chi connectivity index (χ3v) is 3.48. The molecule has 1 heterocycles. The van der Waals surface area contributed by atoms with Crippen LogP contribution < -0.4 is 5.32 Å². The summed E-state index contributed by atoms with van der Waals surface area (Å²) in [4.78, 5) is 4.57. The van der Waals surface area contributed by atoms with Crippen molar-refractivity contribution in [3.05, 3.63) is 0 Å². The number of amidine groups is 1. The molecule has 1 aliphatic heterocycles. The summed E-state index contributed by atoms with van der Waals surface area (Å²) in [5.74, 6) is 0. The number of aliphatic imine (C=N–C) groups is 1. The Morgan fingerprint density at radius 1 is 1.44 bits per heavy atom. The Balaban J connectivity index is 2.13. The fourth-order valence-corrected chi connectivity index (χ4v) is 2.92. The second kappa shape index (κ2) is 7.96. The highest BCUT2D eigenvalue weighted by atomic mass is 32.2. The molecule has 2 unspecified atom stereocenters. The standard InChI is InChI=1S/C12H24N2OS/c1-4-7-15-8-5-6-13-12-14-10(2)9-11(3)16-12/h10-11H,4-9H2,1-3H3,(H,13,14). The first-order chi connectivity index (χ1) is 7.72. The lowest BCUT2D eigenvalue weighted by Gasteiger charge is -2.26. The number of nitrogens with one attached hydrogen (secondary N) is 1. The first-order valence-electron chi connectivity index (χ1n) is 6.27. The van der Waals surface area contributed by atoms with Crippen LogP contribution in [-0.2, 0) is 4.74 Å². The molecule has 0 saturated carbocycles. The van der Waals surface area contributed by atoms with Gasteiger partial charge in [0.2, 0.25) is 0 Å². The summed E-state index contributed by atoms with van der Waals surface area (Å²) < 4.78 is 5.42. The van der Waals surface area contributed by atoms with Crippen LogP contribution >= 0.6 is 11.8 Å². The molecule has 4 heteroatoms. The van der Waals surface area contributed by atoms with Gasteiger partial charge in [0.05, 0.1) is 0 Å². The lowest BCUT2D eigenvalue weighted by atomic mass is 10.2. The molecule has 0 radical (unpaired) electrons. The Morgan fingerprint density at radius 2 is 2.25 bits per heavy atom. The monoisotopic (exact) mass is 244 g/mol. The predicted octanol–water partition coefficient (Wildman–Crippen LogP) is 2.66. The SMILES string of the molecule is CCCOCCCN=C1NC(C)CC(C)S1. The van der Waals surface area contributed by atoms with Gasteiger partial charge in [-0.2, -0.15) is 0 Å². The molecule has 1 N–H and O–H groups in total. The Labute approximate surface area is 103 Å². The zero-order valence-corrected chi connectivity index (χ0v) is 11.5. The van der Waals surface area contributed by atoms with Gasteiger partial charge in [0, 0.05) is 31.1 Å². The Morgan fingerprint density at radius 3 is 2.94 bits per heavy atom. The molecule has 94 valence electrons. The maximum atomic E-state index is 5.42. The highest BCUT2D eigenvalue weighted by molar-refractivity contribution is 8.14. The molecular weight excluding hydrogens is 220 g/mol.